The van der Waals surface area contributed by atoms with Crippen LogP contribution in [0.4, 0.5) is 0 Å². The molecule has 0 aromatic heterocycles. The van der Waals surface area contributed by atoms with E-state index in [1.807, 2.05) is 6.92 Å². The molecule has 0 radical (unpaired) electrons. The maximum Gasteiger partial charge on any atom is 0.236 e. The molecule has 0 saturated carbocycles. The second-order valence-electron chi connectivity index (χ2n) is 5.07. The highest BCUT2D eigenvalue weighted by molar-refractivity contribution is 5.82. The van der Waals surface area contributed by atoms with Crippen LogP contribution >= 0.6 is 0 Å². The molecule has 1 saturated heterocycles. The molecule has 3 nitrogen and oxygen atoms in total. The second-order valence-corrected chi connectivity index (χ2v) is 5.07. The Hall–Kier alpha value is -1.35. The fraction of sp³-hybridized carbons (Fsp3) is 0.500. The first-order valence-electron chi connectivity index (χ1n) is 6.39. The predicted octanol–water partition coefficient (Wildman–Crippen LogP) is 1.32. The highest BCUT2D eigenvalue weighted by Gasteiger charge is 2.25. The van der Waals surface area contributed by atoms with E-state index >= 15 is 0 Å². The first kappa shape index (κ1) is 10.8. The Morgan fingerprint density at radius 3 is 2.88 bits per heavy atom. The Balaban J connectivity index is 1.82. The molecule has 1 aromatic carbocycles. The molecule has 0 bridgehead atoms. The van der Waals surface area contributed by atoms with Crippen molar-refractivity contribution < 1.29 is 4.79 Å². The van der Waals surface area contributed by atoms with E-state index in [0.717, 1.165) is 0 Å². The molecular formula is C14H18N2O. The van der Waals surface area contributed by atoms with Gasteiger partial charge in [-0.05, 0) is 42.9 Å². The van der Waals surface area contributed by atoms with Crippen LogP contribution in [0.5, 0.6) is 0 Å². The lowest BCUT2D eigenvalue weighted by molar-refractivity contribution is -0.124. The summed E-state index contributed by atoms with van der Waals surface area (Å²) in [6, 6.07) is 6.92. The van der Waals surface area contributed by atoms with Gasteiger partial charge in [0.25, 0.3) is 0 Å². The van der Waals surface area contributed by atoms with E-state index in [-0.39, 0.29) is 18.0 Å². The van der Waals surface area contributed by atoms with Crippen LogP contribution in [0.15, 0.2) is 18.2 Å². The van der Waals surface area contributed by atoms with E-state index in [1.165, 1.54) is 36.0 Å². The number of nitrogens with one attached hydrogen (secondary N) is 2. The average Bonchev–Trinajstić information content (AvgIpc) is 2.79. The fourth-order valence-corrected chi connectivity index (χ4v) is 2.81. The van der Waals surface area contributed by atoms with Crippen molar-refractivity contribution in [3.8, 4) is 0 Å². The third-order valence-corrected chi connectivity index (χ3v) is 3.85. The van der Waals surface area contributed by atoms with Crippen LogP contribution in [0.2, 0.25) is 0 Å². The number of rotatable bonds is 1. The Kier molecular flexibility index (Phi) is 2.63. The van der Waals surface area contributed by atoms with Crippen LogP contribution < -0.4 is 10.6 Å². The first-order chi connectivity index (χ1) is 8.24. The summed E-state index contributed by atoms with van der Waals surface area (Å²) in [5, 5.41) is 6.31. The van der Waals surface area contributed by atoms with Crippen LogP contribution in [0, 0.1) is 0 Å². The van der Waals surface area contributed by atoms with Crippen molar-refractivity contribution in [2.75, 3.05) is 6.54 Å². The second kappa shape index (κ2) is 4.15. The number of piperazine rings is 1. The van der Waals surface area contributed by atoms with E-state index in [0.29, 0.717) is 6.54 Å². The average molecular weight is 230 g/mol. The van der Waals surface area contributed by atoms with Crippen molar-refractivity contribution in [3.63, 3.8) is 0 Å². The van der Waals surface area contributed by atoms with Crippen LogP contribution in [0.3, 0.4) is 0 Å². The first-order valence-corrected chi connectivity index (χ1v) is 6.39. The molecule has 2 aliphatic rings. The van der Waals surface area contributed by atoms with E-state index in [1.54, 1.807) is 0 Å². The minimum Gasteiger partial charge on any atom is -0.353 e. The Bertz CT molecular complexity index is 456. The van der Waals surface area contributed by atoms with Crippen molar-refractivity contribution >= 4 is 5.91 Å². The van der Waals surface area contributed by atoms with Crippen molar-refractivity contribution in [1.29, 1.82) is 0 Å². The molecule has 3 heteroatoms. The number of hydrogen-bond acceptors (Lipinski definition) is 2. The molecule has 1 aromatic rings. The van der Waals surface area contributed by atoms with Gasteiger partial charge in [-0.1, -0.05) is 18.2 Å². The Morgan fingerprint density at radius 1 is 1.24 bits per heavy atom. The summed E-state index contributed by atoms with van der Waals surface area (Å²) < 4.78 is 0. The summed E-state index contributed by atoms with van der Waals surface area (Å²) >= 11 is 0. The summed E-state index contributed by atoms with van der Waals surface area (Å²) in [6.07, 6.45) is 3.71. The van der Waals surface area contributed by atoms with E-state index in [9.17, 15) is 4.79 Å². The molecule has 0 spiro atoms. The van der Waals surface area contributed by atoms with E-state index in [2.05, 4.69) is 28.8 Å². The number of hydrogen-bond donors (Lipinski definition) is 2. The van der Waals surface area contributed by atoms with Gasteiger partial charge in [-0.3, -0.25) is 10.1 Å². The maximum atomic E-state index is 11.4. The van der Waals surface area contributed by atoms with E-state index in [4.69, 9.17) is 0 Å². The maximum absolute atomic E-state index is 11.4. The lowest BCUT2D eigenvalue weighted by Crippen LogP contribution is -2.52. The molecule has 90 valence electrons. The molecule has 1 aliphatic heterocycles. The molecule has 17 heavy (non-hydrogen) atoms. The quantitative estimate of drug-likeness (QED) is 0.764. The largest absolute Gasteiger partial charge is 0.353 e. The number of amides is 1. The number of carbonyl (C=O) groups is 1. The Labute approximate surface area is 102 Å². The summed E-state index contributed by atoms with van der Waals surface area (Å²) in [5.74, 6) is 0.0995. The van der Waals surface area contributed by atoms with Gasteiger partial charge in [0.15, 0.2) is 0 Å². The van der Waals surface area contributed by atoms with Gasteiger partial charge in [0.05, 0.1) is 12.1 Å². The van der Waals surface area contributed by atoms with Crippen molar-refractivity contribution in [2.45, 2.75) is 38.3 Å². The van der Waals surface area contributed by atoms with Crippen molar-refractivity contribution in [2.24, 2.45) is 0 Å². The molecule has 1 amide bonds. The summed E-state index contributed by atoms with van der Waals surface area (Å²) in [4.78, 5) is 11.4. The van der Waals surface area contributed by atoms with Crippen LogP contribution in [-0.4, -0.2) is 18.5 Å². The van der Waals surface area contributed by atoms with Gasteiger partial charge in [0, 0.05) is 6.54 Å². The zero-order chi connectivity index (χ0) is 11.8. The predicted molar refractivity (Wildman–Crippen MR) is 66.8 cm³/mol. The van der Waals surface area contributed by atoms with Gasteiger partial charge in [-0.2, -0.15) is 0 Å². The third-order valence-electron chi connectivity index (χ3n) is 3.85. The van der Waals surface area contributed by atoms with Gasteiger partial charge in [-0.15, -0.1) is 0 Å². The SMILES string of the molecule is CC1NC(c2ccc3c(c2)CCC3)CNC1=O. The molecule has 1 fully saturated rings. The lowest BCUT2D eigenvalue weighted by atomic mass is 9.99. The summed E-state index contributed by atoms with van der Waals surface area (Å²) in [7, 11) is 0. The van der Waals surface area contributed by atoms with E-state index < -0.39 is 0 Å². The van der Waals surface area contributed by atoms with Gasteiger partial charge in [0.1, 0.15) is 0 Å². The zero-order valence-electron chi connectivity index (χ0n) is 10.1. The number of benzene rings is 1. The summed E-state index contributed by atoms with van der Waals surface area (Å²) in [6.45, 7) is 2.61. The Morgan fingerprint density at radius 2 is 2.06 bits per heavy atom. The molecule has 3 rings (SSSR count). The highest BCUT2D eigenvalue weighted by atomic mass is 16.2. The van der Waals surface area contributed by atoms with Gasteiger partial charge >= 0.3 is 0 Å². The minimum atomic E-state index is -0.0954. The number of carbonyl (C=O) groups excluding carboxylic acids is 1. The normalized spacial score (nSPS) is 27.7. The van der Waals surface area contributed by atoms with Gasteiger partial charge < -0.3 is 5.32 Å². The number of aryl methyl sites for hydroxylation is 2. The highest BCUT2D eigenvalue weighted by Crippen LogP contribution is 2.26. The molecule has 1 heterocycles. The topological polar surface area (TPSA) is 41.1 Å². The van der Waals surface area contributed by atoms with Crippen molar-refractivity contribution in [3.05, 3.63) is 34.9 Å². The fourth-order valence-electron chi connectivity index (χ4n) is 2.81. The molecular weight excluding hydrogens is 212 g/mol. The zero-order valence-corrected chi connectivity index (χ0v) is 10.1. The standard InChI is InChI=1S/C14H18N2O/c1-9-14(17)15-8-13(16-9)12-6-5-10-3-2-4-11(10)7-12/h5-7,9,13,16H,2-4,8H2,1H3,(H,15,17). The van der Waals surface area contributed by atoms with Gasteiger partial charge in [-0.25, -0.2) is 0 Å². The molecule has 2 atom stereocenters. The molecule has 2 N–H and O–H groups in total. The molecule has 1 aliphatic carbocycles. The van der Waals surface area contributed by atoms with Crippen LogP contribution in [0.1, 0.15) is 36.1 Å². The van der Waals surface area contributed by atoms with Crippen LogP contribution in [0.25, 0.3) is 0 Å². The monoisotopic (exact) mass is 230 g/mol. The number of fused-ring (bicyclic) bond motifs is 1. The smallest absolute Gasteiger partial charge is 0.236 e. The molecule has 2 unspecified atom stereocenters. The van der Waals surface area contributed by atoms with Gasteiger partial charge in [0.2, 0.25) is 5.91 Å². The third kappa shape index (κ3) is 1.95. The minimum absolute atomic E-state index is 0.0954. The lowest BCUT2D eigenvalue weighted by Gasteiger charge is -2.29. The van der Waals surface area contributed by atoms with Crippen LogP contribution in [-0.2, 0) is 17.6 Å². The van der Waals surface area contributed by atoms with Crippen molar-refractivity contribution in [1.82, 2.24) is 10.6 Å². The summed E-state index contributed by atoms with van der Waals surface area (Å²) in [5.41, 5.74) is 4.30.